The van der Waals surface area contributed by atoms with Crippen molar-refractivity contribution in [2.75, 3.05) is 18.0 Å². The molecule has 0 amide bonds. The fourth-order valence-corrected chi connectivity index (χ4v) is 1.74. The van der Waals surface area contributed by atoms with Gasteiger partial charge in [0.25, 0.3) is 0 Å². The molecule has 0 unspecified atom stereocenters. The van der Waals surface area contributed by atoms with Gasteiger partial charge in [-0.05, 0) is 30.9 Å². The third-order valence-electron chi connectivity index (χ3n) is 2.71. The maximum absolute atomic E-state index is 4.30. The van der Waals surface area contributed by atoms with Gasteiger partial charge in [-0.25, -0.2) is 4.98 Å². The minimum Gasteiger partial charge on any atom is -0.357 e. The predicted octanol–water partition coefficient (Wildman–Crippen LogP) is 2.12. The first-order valence-corrected chi connectivity index (χ1v) is 4.93. The van der Waals surface area contributed by atoms with Gasteiger partial charge in [0.15, 0.2) is 0 Å². The van der Waals surface area contributed by atoms with Gasteiger partial charge < -0.3 is 4.90 Å². The lowest BCUT2D eigenvalue weighted by Gasteiger charge is -2.30. The molecule has 13 heavy (non-hydrogen) atoms. The SMILES string of the molecule is CC1CCN(c2cc[c]cn2)CC1. The van der Waals surface area contributed by atoms with E-state index in [1.807, 2.05) is 12.1 Å². The number of anilines is 1. The van der Waals surface area contributed by atoms with Gasteiger partial charge in [-0.3, -0.25) is 0 Å². The van der Waals surface area contributed by atoms with Crippen LogP contribution in [-0.2, 0) is 0 Å². The zero-order chi connectivity index (χ0) is 9.10. The van der Waals surface area contributed by atoms with E-state index >= 15 is 0 Å². The predicted molar refractivity (Wildman–Crippen MR) is 53.7 cm³/mol. The number of pyridine rings is 1. The number of hydrogen-bond acceptors (Lipinski definition) is 2. The Bertz CT molecular complexity index is 250. The summed E-state index contributed by atoms with van der Waals surface area (Å²) in [5, 5.41) is 0. The van der Waals surface area contributed by atoms with Crippen molar-refractivity contribution in [3.8, 4) is 0 Å². The number of hydrogen-bond donors (Lipinski definition) is 0. The Morgan fingerprint density at radius 3 is 2.85 bits per heavy atom. The Labute approximate surface area is 79.6 Å². The number of nitrogens with zero attached hydrogens (tertiary/aromatic N) is 2. The van der Waals surface area contributed by atoms with Crippen LogP contribution >= 0.6 is 0 Å². The lowest BCUT2D eigenvalue weighted by Crippen LogP contribution is -2.33. The number of rotatable bonds is 1. The van der Waals surface area contributed by atoms with Gasteiger partial charge in [0.05, 0.1) is 0 Å². The second-order valence-electron chi connectivity index (χ2n) is 3.79. The molecule has 1 saturated heterocycles. The van der Waals surface area contributed by atoms with Gasteiger partial charge >= 0.3 is 0 Å². The molecule has 0 spiro atoms. The molecule has 0 saturated carbocycles. The van der Waals surface area contributed by atoms with Gasteiger partial charge in [-0.2, -0.15) is 0 Å². The maximum atomic E-state index is 4.30. The van der Waals surface area contributed by atoms with Crippen LogP contribution in [0, 0.1) is 12.0 Å². The quantitative estimate of drug-likeness (QED) is 0.650. The van der Waals surface area contributed by atoms with Crippen molar-refractivity contribution < 1.29 is 0 Å². The van der Waals surface area contributed by atoms with Gasteiger partial charge in [0, 0.05) is 25.4 Å². The fraction of sp³-hybridized carbons (Fsp3) is 0.545. The summed E-state index contributed by atoms with van der Waals surface area (Å²) in [5.41, 5.74) is 0. The normalized spacial score (nSPS) is 19.0. The van der Waals surface area contributed by atoms with E-state index in [1.165, 1.54) is 12.8 Å². The van der Waals surface area contributed by atoms with Crippen LogP contribution in [0.5, 0.6) is 0 Å². The number of piperidine rings is 1. The first kappa shape index (κ1) is 8.54. The molecule has 1 radical (unpaired) electrons. The third-order valence-corrected chi connectivity index (χ3v) is 2.71. The van der Waals surface area contributed by atoms with Crippen LogP contribution in [0.15, 0.2) is 18.3 Å². The van der Waals surface area contributed by atoms with Gasteiger partial charge in [-0.1, -0.05) is 6.92 Å². The topological polar surface area (TPSA) is 16.1 Å². The molecule has 1 fully saturated rings. The molecule has 2 rings (SSSR count). The Morgan fingerprint density at radius 2 is 2.23 bits per heavy atom. The summed E-state index contributed by atoms with van der Waals surface area (Å²) in [5.74, 6) is 1.98. The van der Waals surface area contributed by atoms with Crippen molar-refractivity contribution in [3.05, 3.63) is 24.4 Å². The van der Waals surface area contributed by atoms with E-state index in [-0.39, 0.29) is 0 Å². The zero-order valence-electron chi connectivity index (χ0n) is 8.03. The molecule has 0 atom stereocenters. The van der Waals surface area contributed by atoms with E-state index in [4.69, 9.17) is 0 Å². The van der Waals surface area contributed by atoms with Crippen molar-refractivity contribution in [2.45, 2.75) is 19.8 Å². The molecular formula is C11H15N2. The Balaban J connectivity index is 2.03. The van der Waals surface area contributed by atoms with Gasteiger partial charge in [0.1, 0.15) is 5.82 Å². The summed E-state index contributed by atoms with van der Waals surface area (Å²) < 4.78 is 0. The van der Waals surface area contributed by atoms with Gasteiger partial charge in [0.2, 0.25) is 0 Å². The van der Waals surface area contributed by atoms with E-state index in [0.29, 0.717) is 0 Å². The van der Waals surface area contributed by atoms with Crippen molar-refractivity contribution >= 4 is 5.82 Å². The van der Waals surface area contributed by atoms with E-state index in [1.54, 1.807) is 6.20 Å². The zero-order valence-corrected chi connectivity index (χ0v) is 8.03. The Hall–Kier alpha value is -1.05. The molecule has 69 valence electrons. The van der Waals surface area contributed by atoms with Crippen LogP contribution in [0.4, 0.5) is 5.82 Å². The highest BCUT2D eigenvalue weighted by Gasteiger charge is 2.15. The monoisotopic (exact) mass is 175 g/mol. The largest absolute Gasteiger partial charge is 0.357 e. The molecule has 1 aromatic heterocycles. The summed E-state index contributed by atoms with van der Waals surface area (Å²) in [7, 11) is 0. The van der Waals surface area contributed by atoms with Crippen LogP contribution in [0.25, 0.3) is 0 Å². The molecule has 0 aromatic carbocycles. The van der Waals surface area contributed by atoms with Crippen LogP contribution < -0.4 is 4.90 Å². The standard InChI is InChI=1S/C11H15N2/c1-10-5-8-13(9-6-10)11-4-2-3-7-12-11/h2,4,7,10H,5-6,8-9H2,1H3. The second-order valence-corrected chi connectivity index (χ2v) is 3.79. The van der Waals surface area contributed by atoms with Crippen molar-refractivity contribution in [1.82, 2.24) is 4.98 Å². The molecule has 1 aromatic rings. The number of aromatic nitrogens is 1. The summed E-state index contributed by atoms with van der Waals surface area (Å²) >= 11 is 0. The third kappa shape index (κ3) is 2.00. The Kier molecular flexibility index (Phi) is 2.48. The Morgan fingerprint density at radius 1 is 1.46 bits per heavy atom. The van der Waals surface area contributed by atoms with Crippen LogP contribution in [-0.4, -0.2) is 18.1 Å². The summed E-state index contributed by atoms with van der Waals surface area (Å²) in [4.78, 5) is 6.65. The highest BCUT2D eigenvalue weighted by Crippen LogP contribution is 2.20. The highest BCUT2D eigenvalue weighted by molar-refractivity contribution is 5.37. The lowest BCUT2D eigenvalue weighted by molar-refractivity contribution is 0.436. The first-order valence-electron chi connectivity index (χ1n) is 4.93. The molecule has 0 N–H and O–H groups in total. The van der Waals surface area contributed by atoms with E-state index in [2.05, 4.69) is 22.9 Å². The molecular weight excluding hydrogens is 160 g/mol. The van der Waals surface area contributed by atoms with Crippen molar-refractivity contribution in [2.24, 2.45) is 5.92 Å². The summed E-state index contributed by atoms with van der Waals surface area (Å²) in [6.45, 7) is 4.62. The van der Waals surface area contributed by atoms with Crippen molar-refractivity contribution in [3.63, 3.8) is 0 Å². The van der Waals surface area contributed by atoms with E-state index < -0.39 is 0 Å². The molecule has 2 heterocycles. The smallest absolute Gasteiger partial charge is 0.128 e. The molecule has 2 nitrogen and oxygen atoms in total. The fourth-order valence-electron chi connectivity index (χ4n) is 1.74. The van der Waals surface area contributed by atoms with E-state index in [0.717, 1.165) is 24.8 Å². The van der Waals surface area contributed by atoms with E-state index in [9.17, 15) is 0 Å². The molecule has 2 heteroatoms. The van der Waals surface area contributed by atoms with Crippen LogP contribution in [0.2, 0.25) is 0 Å². The minimum absolute atomic E-state index is 0.881. The van der Waals surface area contributed by atoms with Crippen LogP contribution in [0.1, 0.15) is 19.8 Å². The highest BCUT2D eigenvalue weighted by atomic mass is 15.2. The lowest BCUT2D eigenvalue weighted by atomic mass is 9.99. The molecule has 1 aliphatic heterocycles. The van der Waals surface area contributed by atoms with Crippen LogP contribution in [0.3, 0.4) is 0 Å². The first-order chi connectivity index (χ1) is 6.36. The second kappa shape index (κ2) is 3.77. The van der Waals surface area contributed by atoms with Gasteiger partial charge in [-0.15, -0.1) is 0 Å². The molecule has 0 aliphatic carbocycles. The minimum atomic E-state index is 0.881. The molecule has 1 aliphatic rings. The molecule has 0 bridgehead atoms. The maximum Gasteiger partial charge on any atom is 0.128 e. The average Bonchev–Trinajstić information content (AvgIpc) is 2.20. The summed E-state index contributed by atoms with van der Waals surface area (Å²) in [6, 6.07) is 6.91. The van der Waals surface area contributed by atoms with Crippen molar-refractivity contribution in [1.29, 1.82) is 0 Å². The summed E-state index contributed by atoms with van der Waals surface area (Å²) in [6.07, 6.45) is 4.33. The average molecular weight is 175 g/mol.